The summed E-state index contributed by atoms with van der Waals surface area (Å²) in [4.78, 5) is 36.8. The third kappa shape index (κ3) is 3.13. The number of nitrogen functional groups attached to an aromatic ring is 1. The van der Waals surface area contributed by atoms with Gasteiger partial charge in [0.1, 0.15) is 5.15 Å². The Morgan fingerprint density at radius 1 is 1.41 bits per heavy atom. The van der Waals surface area contributed by atoms with E-state index < -0.39 is 5.97 Å². The molecule has 3 aromatic rings. The second-order valence-corrected chi connectivity index (χ2v) is 6.91. The molecule has 0 fully saturated rings. The van der Waals surface area contributed by atoms with Gasteiger partial charge >= 0.3 is 5.97 Å². The zero-order valence-electron chi connectivity index (χ0n) is 15.5. The van der Waals surface area contributed by atoms with Crippen LogP contribution in [-0.2, 0) is 18.4 Å². The summed E-state index contributed by atoms with van der Waals surface area (Å²) in [5.74, 6) is -1.18. The smallest absolute Gasteiger partial charge is 0.337 e. The number of fused-ring (bicyclic) bond motifs is 1. The lowest BCUT2D eigenvalue weighted by Crippen LogP contribution is -2.26. The van der Waals surface area contributed by atoms with Crippen molar-refractivity contribution in [3.8, 4) is 0 Å². The topological polar surface area (TPSA) is 143 Å². The predicted molar refractivity (Wildman–Crippen MR) is 106 cm³/mol. The number of nitrogens with two attached hydrogens (primary N) is 1. The third-order valence-corrected chi connectivity index (χ3v) is 5.05. The molecule has 29 heavy (non-hydrogen) atoms. The van der Waals surface area contributed by atoms with Crippen LogP contribution in [0.15, 0.2) is 18.5 Å². The Morgan fingerprint density at radius 3 is 2.79 bits per heavy atom. The number of anilines is 2. The number of aryl methyl sites for hydroxylation is 1. The number of hydrogen-bond donors (Lipinski definition) is 3. The highest BCUT2D eigenvalue weighted by molar-refractivity contribution is 6.41. The number of aromatic amines is 1. The number of amides is 1. The average molecular weight is 414 g/mol. The van der Waals surface area contributed by atoms with Gasteiger partial charge in [-0.05, 0) is 19.1 Å². The number of nitrogens with zero attached hydrogens (tertiary/aromatic N) is 5. The van der Waals surface area contributed by atoms with Crippen LogP contribution in [0.3, 0.4) is 0 Å². The van der Waals surface area contributed by atoms with Gasteiger partial charge in [0.25, 0.3) is 5.91 Å². The molecular weight excluding hydrogens is 398 g/mol. The lowest BCUT2D eigenvalue weighted by molar-refractivity contribution is -0.113. The fourth-order valence-electron chi connectivity index (χ4n) is 3.14. The normalized spacial score (nSPS) is 14.7. The quantitative estimate of drug-likeness (QED) is 0.437. The van der Waals surface area contributed by atoms with Crippen molar-refractivity contribution in [2.75, 3.05) is 10.6 Å². The Labute approximate surface area is 169 Å². The van der Waals surface area contributed by atoms with Crippen LogP contribution in [-0.4, -0.2) is 41.7 Å². The van der Waals surface area contributed by atoms with Crippen LogP contribution in [0.25, 0.3) is 11.6 Å². The maximum atomic E-state index is 13.2. The molecule has 0 aromatic carbocycles. The molecule has 0 saturated carbocycles. The van der Waals surface area contributed by atoms with Gasteiger partial charge in [-0.1, -0.05) is 11.6 Å². The van der Waals surface area contributed by atoms with Crippen molar-refractivity contribution in [2.45, 2.75) is 13.5 Å². The van der Waals surface area contributed by atoms with Gasteiger partial charge in [-0.25, -0.2) is 9.78 Å². The van der Waals surface area contributed by atoms with Gasteiger partial charge in [-0.3, -0.25) is 14.4 Å². The molecule has 11 heteroatoms. The maximum Gasteiger partial charge on any atom is 0.337 e. The fraction of sp³-hybridized carbons (Fsp3) is 0.167. The van der Waals surface area contributed by atoms with Crippen molar-refractivity contribution < 1.29 is 14.7 Å². The molecule has 4 N–H and O–H groups in total. The van der Waals surface area contributed by atoms with Gasteiger partial charge in [0.15, 0.2) is 5.82 Å². The highest BCUT2D eigenvalue weighted by Gasteiger charge is 2.37. The zero-order valence-corrected chi connectivity index (χ0v) is 16.2. The predicted octanol–water partition coefficient (Wildman–Crippen LogP) is 1.87. The van der Waals surface area contributed by atoms with Crippen LogP contribution in [0, 0.1) is 6.92 Å². The van der Waals surface area contributed by atoms with Crippen LogP contribution in [0.5, 0.6) is 0 Å². The van der Waals surface area contributed by atoms with Gasteiger partial charge < -0.3 is 15.8 Å². The average Bonchev–Trinajstić information content (AvgIpc) is 3.31. The Kier molecular flexibility index (Phi) is 4.35. The van der Waals surface area contributed by atoms with Crippen molar-refractivity contribution in [3.05, 3.63) is 51.7 Å². The highest BCUT2D eigenvalue weighted by Crippen LogP contribution is 2.41. The van der Waals surface area contributed by atoms with Crippen molar-refractivity contribution >= 4 is 46.9 Å². The Hall–Kier alpha value is -3.66. The Bertz CT molecular complexity index is 1190. The molecule has 1 amide bonds. The van der Waals surface area contributed by atoms with Gasteiger partial charge in [-0.15, -0.1) is 0 Å². The summed E-state index contributed by atoms with van der Waals surface area (Å²) in [6.45, 7) is 2.12. The van der Waals surface area contributed by atoms with Gasteiger partial charge in [-0.2, -0.15) is 10.1 Å². The number of carbonyl (C=O) groups excluding carboxylic acids is 1. The molecule has 0 atom stereocenters. The monoisotopic (exact) mass is 413 g/mol. The van der Waals surface area contributed by atoms with Gasteiger partial charge in [0, 0.05) is 30.2 Å². The number of nitrogens with one attached hydrogen (secondary N) is 1. The molecule has 4 rings (SSSR count). The minimum atomic E-state index is -1.08. The van der Waals surface area contributed by atoms with Gasteiger partial charge in [0.05, 0.1) is 29.4 Å². The number of rotatable bonds is 4. The SMILES string of the molecule is Cc1c(CN2C(=O)/C(=C/c3cc(C(=O)O)c[nH]3)c3c(Cl)nc(N)nc32)cnn1C. The molecular formula is C18H16ClN7O3. The van der Waals surface area contributed by atoms with Gasteiger partial charge in [0.2, 0.25) is 5.95 Å². The van der Waals surface area contributed by atoms with Crippen LogP contribution >= 0.6 is 11.6 Å². The van der Waals surface area contributed by atoms with Crippen molar-refractivity contribution in [2.24, 2.45) is 7.05 Å². The zero-order chi connectivity index (χ0) is 20.9. The number of H-pyrrole nitrogens is 1. The molecule has 0 bridgehead atoms. The number of aromatic carboxylic acids is 1. The molecule has 0 radical (unpaired) electrons. The molecule has 10 nitrogen and oxygen atoms in total. The molecule has 3 aromatic heterocycles. The van der Waals surface area contributed by atoms with E-state index in [9.17, 15) is 9.59 Å². The lowest BCUT2D eigenvalue weighted by Gasteiger charge is -2.16. The molecule has 4 heterocycles. The molecule has 0 unspecified atom stereocenters. The summed E-state index contributed by atoms with van der Waals surface area (Å²) in [5.41, 5.74) is 8.59. The minimum Gasteiger partial charge on any atom is -0.478 e. The largest absolute Gasteiger partial charge is 0.478 e. The maximum absolute atomic E-state index is 13.2. The van der Waals surface area contributed by atoms with Crippen molar-refractivity contribution in [1.29, 1.82) is 0 Å². The molecule has 0 saturated heterocycles. The van der Waals surface area contributed by atoms with E-state index in [0.717, 1.165) is 11.3 Å². The number of carbonyl (C=O) groups is 2. The number of carboxylic acids is 1. The highest BCUT2D eigenvalue weighted by atomic mass is 35.5. The molecule has 0 spiro atoms. The van der Waals surface area contributed by atoms with Crippen molar-refractivity contribution in [3.63, 3.8) is 0 Å². The first-order valence-electron chi connectivity index (χ1n) is 8.52. The Balaban J connectivity index is 1.82. The van der Waals surface area contributed by atoms with E-state index in [1.54, 1.807) is 10.9 Å². The third-order valence-electron chi connectivity index (χ3n) is 4.78. The van der Waals surface area contributed by atoms with E-state index in [1.165, 1.54) is 23.2 Å². The molecule has 1 aliphatic rings. The fourth-order valence-corrected chi connectivity index (χ4v) is 3.41. The number of aromatic nitrogens is 5. The summed E-state index contributed by atoms with van der Waals surface area (Å²) < 4.78 is 1.71. The summed E-state index contributed by atoms with van der Waals surface area (Å²) in [6, 6.07) is 1.42. The molecule has 1 aliphatic heterocycles. The van der Waals surface area contributed by atoms with E-state index in [1.807, 2.05) is 14.0 Å². The van der Waals surface area contributed by atoms with E-state index in [4.69, 9.17) is 22.4 Å². The summed E-state index contributed by atoms with van der Waals surface area (Å²) >= 11 is 6.29. The lowest BCUT2D eigenvalue weighted by atomic mass is 10.1. The molecule has 148 valence electrons. The summed E-state index contributed by atoms with van der Waals surface area (Å²) in [6.07, 6.45) is 4.54. The Morgan fingerprint density at radius 2 is 2.17 bits per heavy atom. The second kappa shape index (κ2) is 6.74. The molecule has 0 aliphatic carbocycles. The number of halogens is 1. The first kappa shape index (κ1) is 18.7. The van der Waals surface area contributed by atoms with E-state index in [-0.39, 0.29) is 34.7 Å². The first-order valence-corrected chi connectivity index (χ1v) is 8.90. The minimum absolute atomic E-state index is 0.0440. The van der Waals surface area contributed by atoms with Crippen LogP contribution in [0.2, 0.25) is 5.15 Å². The number of hydrogen-bond acceptors (Lipinski definition) is 6. The first-order chi connectivity index (χ1) is 13.8. The van der Waals surface area contributed by atoms with Crippen LogP contribution < -0.4 is 10.6 Å². The van der Waals surface area contributed by atoms with Crippen LogP contribution in [0.1, 0.15) is 32.9 Å². The van der Waals surface area contributed by atoms with E-state index in [0.29, 0.717) is 17.1 Å². The second-order valence-electron chi connectivity index (χ2n) is 6.55. The summed E-state index contributed by atoms with van der Waals surface area (Å²) in [5, 5.41) is 13.3. The van der Waals surface area contributed by atoms with E-state index in [2.05, 4.69) is 20.1 Å². The van der Waals surface area contributed by atoms with Crippen LogP contribution in [0.4, 0.5) is 11.8 Å². The standard InChI is InChI=1S/C18H16ClN7O3/c1-8-10(6-22-25(8)2)7-26-15-13(14(19)23-18(20)24-15)12(16(26)27)4-11-3-9(5-21-11)17(28)29/h3-6,21H,7H2,1-2H3,(H,28,29)(H2,20,23,24)/b12-4+. The summed E-state index contributed by atoms with van der Waals surface area (Å²) in [7, 11) is 1.81. The van der Waals surface area contributed by atoms with E-state index >= 15 is 0 Å². The number of carboxylic acid groups (broad SMARTS) is 1. The van der Waals surface area contributed by atoms with Crippen molar-refractivity contribution in [1.82, 2.24) is 24.7 Å².